The Kier molecular flexibility index (Phi) is 4.32. The Morgan fingerprint density at radius 2 is 1.40 bits per heavy atom. The molecule has 1 aliphatic rings. The van der Waals surface area contributed by atoms with Crippen LogP contribution in [-0.4, -0.2) is 5.78 Å². The van der Waals surface area contributed by atoms with Crippen LogP contribution in [0.2, 0.25) is 0 Å². The minimum absolute atomic E-state index is 0.0574. The number of aryl methyl sites for hydroxylation is 1. The number of benzene rings is 3. The van der Waals surface area contributed by atoms with Gasteiger partial charge in [0.1, 0.15) is 11.5 Å². The monoisotopic (exact) mass is 364 g/mol. The molecule has 1 aliphatic heterocycles. The molecule has 0 aliphatic carbocycles. The first-order valence-electron chi connectivity index (χ1n) is 7.98. The van der Waals surface area contributed by atoms with Gasteiger partial charge in [-0.15, -0.1) is 0 Å². The third kappa shape index (κ3) is 3.32. The molecular weight excluding hydrogens is 348 g/mol. The quantitative estimate of drug-likeness (QED) is 0.355. The summed E-state index contributed by atoms with van der Waals surface area (Å²) < 4.78 is 6.23. The molecular formula is C21H16O2S2. The highest BCUT2D eigenvalue weighted by Gasteiger charge is 2.18. The average molecular weight is 364 g/mol. The van der Waals surface area contributed by atoms with Crippen LogP contribution in [0.5, 0.6) is 11.5 Å². The van der Waals surface area contributed by atoms with Gasteiger partial charge in [0.05, 0.1) is 9.79 Å². The van der Waals surface area contributed by atoms with Gasteiger partial charge >= 0.3 is 0 Å². The van der Waals surface area contributed by atoms with Crippen molar-refractivity contribution in [3.05, 3.63) is 71.8 Å². The number of carbonyl (C=O) groups excluding carboxylic acids is 1. The van der Waals surface area contributed by atoms with E-state index in [1.165, 1.54) is 10.5 Å². The zero-order valence-corrected chi connectivity index (χ0v) is 15.5. The molecule has 0 amide bonds. The van der Waals surface area contributed by atoms with Crippen LogP contribution < -0.4 is 4.74 Å². The molecule has 0 atom stereocenters. The first kappa shape index (κ1) is 16.3. The van der Waals surface area contributed by atoms with E-state index in [4.69, 9.17) is 4.74 Å². The van der Waals surface area contributed by atoms with E-state index in [0.717, 1.165) is 26.2 Å². The fraction of sp³-hybridized carbons (Fsp3) is 0.0952. The van der Waals surface area contributed by atoms with Crippen molar-refractivity contribution in [3.8, 4) is 11.5 Å². The Labute approximate surface area is 155 Å². The van der Waals surface area contributed by atoms with Gasteiger partial charge in [-0.1, -0.05) is 41.7 Å². The fourth-order valence-corrected chi connectivity index (χ4v) is 4.85. The second-order valence-corrected chi connectivity index (χ2v) is 8.09. The Morgan fingerprint density at radius 3 is 2.04 bits per heavy atom. The molecule has 0 saturated heterocycles. The van der Waals surface area contributed by atoms with Crippen molar-refractivity contribution in [1.82, 2.24) is 0 Å². The Bertz CT molecular complexity index is 979. The Balaban J connectivity index is 1.93. The van der Waals surface area contributed by atoms with Gasteiger partial charge in [-0.3, -0.25) is 4.79 Å². The van der Waals surface area contributed by atoms with Gasteiger partial charge in [0.2, 0.25) is 0 Å². The van der Waals surface area contributed by atoms with Gasteiger partial charge in [-0.2, -0.15) is 0 Å². The van der Waals surface area contributed by atoms with Crippen molar-refractivity contribution in [1.29, 1.82) is 0 Å². The highest BCUT2D eigenvalue weighted by atomic mass is 32.2. The lowest BCUT2D eigenvalue weighted by atomic mass is 10.1. The zero-order valence-electron chi connectivity index (χ0n) is 13.9. The van der Waals surface area contributed by atoms with Crippen LogP contribution in [0.4, 0.5) is 0 Å². The van der Waals surface area contributed by atoms with Crippen LogP contribution in [0, 0.1) is 6.92 Å². The average Bonchev–Trinajstić information content (AvgIpc) is 2.65. The molecule has 3 aromatic rings. The van der Waals surface area contributed by atoms with Crippen LogP contribution in [0.1, 0.15) is 22.8 Å². The number of carbonyl (C=O) groups is 1. The SMILES string of the molecule is CC(=O)c1ccc2c(c1)Sc1ccccc1Sc1cc(C)ccc1O2. The van der Waals surface area contributed by atoms with Crippen LogP contribution in [-0.2, 0) is 0 Å². The van der Waals surface area contributed by atoms with Crippen LogP contribution >= 0.6 is 23.5 Å². The lowest BCUT2D eigenvalue weighted by Crippen LogP contribution is -1.94. The minimum atomic E-state index is 0.0574. The maximum Gasteiger partial charge on any atom is 0.159 e. The molecule has 25 heavy (non-hydrogen) atoms. The summed E-state index contributed by atoms with van der Waals surface area (Å²) in [6, 6.07) is 20.2. The molecule has 2 nitrogen and oxygen atoms in total. The minimum Gasteiger partial charge on any atom is -0.455 e. The van der Waals surface area contributed by atoms with Crippen molar-refractivity contribution in [2.75, 3.05) is 0 Å². The van der Waals surface area contributed by atoms with Gasteiger partial charge in [-0.05, 0) is 61.9 Å². The molecule has 4 heteroatoms. The topological polar surface area (TPSA) is 26.3 Å². The molecule has 0 saturated carbocycles. The maximum atomic E-state index is 11.8. The number of hydrogen-bond acceptors (Lipinski definition) is 4. The zero-order chi connectivity index (χ0) is 17.4. The summed E-state index contributed by atoms with van der Waals surface area (Å²) in [5.74, 6) is 1.67. The molecule has 0 N–H and O–H groups in total. The molecule has 1 heterocycles. The number of Topliss-reactive ketones (excluding diaryl/α,β-unsaturated/α-hetero) is 1. The third-order valence-electron chi connectivity index (χ3n) is 3.96. The summed E-state index contributed by atoms with van der Waals surface area (Å²) in [5.41, 5.74) is 1.90. The lowest BCUT2D eigenvalue weighted by Gasteiger charge is -2.12. The van der Waals surface area contributed by atoms with E-state index in [9.17, 15) is 4.79 Å². The standard InChI is InChI=1S/C21H16O2S2/c1-13-7-9-16-20(11-13)24-18-5-3-4-6-19(18)25-21-12-15(14(2)22)8-10-17(21)23-16/h3-12H,1-2H3. The third-order valence-corrected chi connectivity index (χ3v) is 6.32. The number of ketones is 1. The van der Waals surface area contributed by atoms with E-state index in [1.807, 2.05) is 36.4 Å². The van der Waals surface area contributed by atoms with Crippen LogP contribution in [0.25, 0.3) is 0 Å². The van der Waals surface area contributed by atoms with E-state index >= 15 is 0 Å². The molecule has 0 unspecified atom stereocenters. The number of hydrogen-bond donors (Lipinski definition) is 0. The van der Waals surface area contributed by atoms with Crippen molar-refractivity contribution in [3.63, 3.8) is 0 Å². The molecule has 124 valence electrons. The summed E-state index contributed by atoms with van der Waals surface area (Å²) in [6.45, 7) is 3.67. The second kappa shape index (κ2) is 6.62. The second-order valence-electron chi connectivity index (χ2n) is 5.92. The number of rotatable bonds is 1. The van der Waals surface area contributed by atoms with Crippen LogP contribution in [0.3, 0.4) is 0 Å². The molecule has 0 bridgehead atoms. The van der Waals surface area contributed by atoms with Crippen molar-refractivity contribution >= 4 is 29.3 Å². The molecule has 0 spiro atoms. The summed E-state index contributed by atoms with van der Waals surface area (Å²) in [4.78, 5) is 16.2. The fourth-order valence-electron chi connectivity index (χ4n) is 2.64. The van der Waals surface area contributed by atoms with E-state index < -0.39 is 0 Å². The highest BCUT2D eigenvalue weighted by molar-refractivity contribution is 8.02. The van der Waals surface area contributed by atoms with Crippen LogP contribution in [0.15, 0.2) is 80.2 Å². The summed E-state index contributed by atoms with van der Waals surface area (Å²) in [6.07, 6.45) is 0. The maximum absolute atomic E-state index is 11.8. The smallest absolute Gasteiger partial charge is 0.159 e. The molecule has 0 fully saturated rings. The van der Waals surface area contributed by atoms with Crippen molar-refractivity contribution in [2.45, 2.75) is 33.4 Å². The Hall–Kier alpha value is -2.17. The predicted molar refractivity (Wildman–Crippen MR) is 102 cm³/mol. The van der Waals surface area contributed by atoms with E-state index in [-0.39, 0.29) is 5.78 Å². The summed E-state index contributed by atoms with van der Waals surface area (Å²) >= 11 is 3.35. The van der Waals surface area contributed by atoms with E-state index in [0.29, 0.717) is 5.56 Å². The molecule has 0 radical (unpaired) electrons. The van der Waals surface area contributed by atoms with Crippen molar-refractivity contribution < 1.29 is 9.53 Å². The molecule has 4 rings (SSSR count). The predicted octanol–water partition coefficient (Wildman–Crippen LogP) is 6.61. The normalized spacial score (nSPS) is 12.6. The largest absolute Gasteiger partial charge is 0.455 e. The number of fused-ring (bicyclic) bond motifs is 3. The first-order valence-corrected chi connectivity index (χ1v) is 9.62. The van der Waals surface area contributed by atoms with E-state index in [2.05, 4.69) is 31.2 Å². The Morgan fingerprint density at radius 1 is 0.800 bits per heavy atom. The number of ether oxygens (including phenoxy) is 1. The highest BCUT2D eigenvalue weighted by Crippen LogP contribution is 2.48. The van der Waals surface area contributed by atoms with Gasteiger partial charge in [0.15, 0.2) is 5.78 Å². The van der Waals surface area contributed by atoms with Crippen molar-refractivity contribution in [2.24, 2.45) is 0 Å². The molecule has 3 aromatic carbocycles. The van der Waals surface area contributed by atoms with E-state index in [1.54, 1.807) is 30.4 Å². The lowest BCUT2D eigenvalue weighted by molar-refractivity contribution is 0.101. The van der Waals surface area contributed by atoms with Gasteiger partial charge in [0.25, 0.3) is 0 Å². The van der Waals surface area contributed by atoms with Gasteiger partial charge < -0.3 is 4.74 Å². The first-order chi connectivity index (χ1) is 12.1. The van der Waals surface area contributed by atoms with Gasteiger partial charge in [-0.25, -0.2) is 0 Å². The summed E-state index contributed by atoms with van der Waals surface area (Å²) in [7, 11) is 0. The summed E-state index contributed by atoms with van der Waals surface area (Å²) in [5, 5.41) is 0. The van der Waals surface area contributed by atoms with Gasteiger partial charge in [0, 0.05) is 15.4 Å². The molecule has 0 aromatic heterocycles.